The lowest BCUT2D eigenvalue weighted by atomic mass is 9.94. The summed E-state index contributed by atoms with van der Waals surface area (Å²) < 4.78 is 41.4. The van der Waals surface area contributed by atoms with Gasteiger partial charge in [0.25, 0.3) is 10.0 Å². The van der Waals surface area contributed by atoms with E-state index in [2.05, 4.69) is 0 Å². The second kappa shape index (κ2) is 7.33. The van der Waals surface area contributed by atoms with E-state index in [1.165, 1.54) is 21.7 Å². The third-order valence-corrected chi connectivity index (χ3v) is 8.60. The highest BCUT2D eigenvalue weighted by atomic mass is 32.2. The zero-order chi connectivity index (χ0) is 19.0. The molecule has 2 aromatic rings. The van der Waals surface area contributed by atoms with Gasteiger partial charge in [-0.1, -0.05) is 18.2 Å². The molecule has 4 rings (SSSR count). The highest BCUT2D eigenvalue weighted by molar-refractivity contribution is 7.91. The van der Waals surface area contributed by atoms with Crippen molar-refractivity contribution in [3.05, 3.63) is 47.1 Å². The Morgan fingerprint density at radius 1 is 1.11 bits per heavy atom. The molecule has 2 aliphatic heterocycles. The Bertz CT molecular complexity index is 936. The van der Waals surface area contributed by atoms with E-state index in [1.54, 1.807) is 28.5 Å². The number of para-hydroxylation sites is 1. The lowest BCUT2D eigenvalue weighted by Crippen LogP contribution is -2.46. The van der Waals surface area contributed by atoms with E-state index in [4.69, 9.17) is 0 Å². The molecule has 0 spiro atoms. The molecule has 1 saturated heterocycles. The van der Waals surface area contributed by atoms with Crippen LogP contribution in [0.1, 0.15) is 24.8 Å². The van der Waals surface area contributed by atoms with Crippen molar-refractivity contribution in [2.45, 2.75) is 29.9 Å². The lowest BCUT2D eigenvalue weighted by molar-refractivity contribution is -0.123. The summed E-state index contributed by atoms with van der Waals surface area (Å²) in [5, 5.41) is 1.74. The largest absolute Gasteiger partial charge is 0.309 e. The topological polar surface area (TPSA) is 57.7 Å². The molecule has 0 atom stereocenters. The van der Waals surface area contributed by atoms with Gasteiger partial charge in [-0.25, -0.2) is 12.8 Å². The van der Waals surface area contributed by atoms with E-state index < -0.39 is 10.0 Å². The van der Waals surface area contributed by atoms with Gasteiger partial charge in [0.2, 0.25) is 5.91 Å². The van der Waals surface area contributed by atoms with E-state index in [0.29, 0.717) is 42.4 Å². The molecule has 1 fully saturated rings. The molecule has 1 aromatic heterocycles. The predicted molar refractivity (Wildman–Crippen MR) is 103 cm³/mol. The summed E-state index contributed by atoms with van der Waals surface area (Å²) in [5.74, 6) is -0.724. The SMILES string of the molecule is O=C(C1CCN(S(=O)(=O)c2cccs2)CC1)N1CCCc2cccc(F)c21. The van der Waals surface area contributed by atoms with Crippen LogP contribution in [-0.2, 0) is 21.2 Å². The Hall–Kier alpha value is -1.77. The first-order valence-corrected chi connectivity index (χ1v) is 11.4. The van der Waals surface area contributed by atoms with Crippen molar-refractivity contribution in [1.29, 1.82) is 0 Å². The summed E-state index contributed by atoms with van der Waals surface area (Å²) in [7, 11) is -3.48. The van der Waals surface area contributed by atoms with Crippen molar-refractivity contribution < 1.29 is 17.6 Å². The number of fused-ring (bicyclic) bond motifs is 1. The van der Waals surface area contributed by atoms with Crippen LogP contribution < -0.4 is 4.90 Å². The summed E-state index contributed by atoms with van der Waals surface area (Å²) >= 11 is 1.20. The van der Waals surface area contributed by atoms with Gasteiger partial charge >= 0.3 is 0 Å². The normalized spacial score (nSPS) is 19.1. The van der Waals surface area contributed by atoms with Crippen LogP contribution >= 0.6 is 11.3 Å². The summed E-state index contributed by atoms with van der Waals surface area (Å²) in [5.41, 5.74) is 1.27. The monoisotopic (exact) mass is 408 g/mol. The molecule has 8 heteroatoms. The average Bonchev–Trinajstić information content (AvgIpc) is 3.23. The van der Waals surface area contributed by atoms with E-state index in [-0.39, 0.29) is 17.6 Å². The van der Waals surface area contributed by atoms with Gasteiger partial charge in [0.05, 0.1) is 5.69 Å². The highest BCUT2D eigenvalue weighted by Crippen LogP contribution is 2.33. The van der Waals surface area contributed by atoms with E-state index in [0.717, 1.165) is 18.4 Å². The molecule has 2 aliphatic rings. The van der Waals surface area contributed by atoms with Crippen molar-refractivity contribution >= 4 is 33.0 Å². The Kier molecular flexibility index (Phi) is 5.05. The van der Waals surface area contributed by atoms with Gasteiger partial charge < -0.3 is 4.90 Å². The number of hydrogen-bond donors (Lipinski definition) is 0. The third-order valence-electron chi connectivity index (χ3n) is 5.33. The van der Waals surface area contributed by atoms with E-state index >= 15 is 0 Å². The van der Waals surface area contributed by atoms with Gasteiger partial charge in [0.1, 0.15) is 10.0 Å². The zero-order valence-corrected chi connectivity index (χ0v) is 16.4. The smallest absolute Gasteiger partial charge is 0.252 e. The fraction of sp³-hybridized carbons (Fsp3) is 0.421. The molecule has 27 heavy (non-hydrogen) atoms. The first kappa shape index (κ1) is 18.6. The number of carbonyl (C=O) groups excluding carboxylic acids is 1. The number of amides is 1. The van der Waals surface area contributed by atoms with Crippen LogP contribution in [0, 0.1) is 11.7 Å². The van der Waals surface area contributed by atoms with Crippen LogP contribution in [0.25, 0.3) is 0 Å². The molecule has 1 aromatic carbocycles. The quantitative estimate of drug-likeness (QED) is 0.783. The van der Waals surface area contributed by atoms with Crippen LogP contribution in [0.3, 0.4) is 0 Å². The maximum atomic E-state index is 14.3. The number of carbonyl (C=O) groups is 1. The van der Waals surface area contributed by atoms with Crippen LogP contribution in [0.15, 0.2) is 39.9 Å². The second-order valence-corrected chi connectivity index (χ2v) is 10.1. The van der Waals surface area contributed by atoms with Crippen LogP contribution in [0.4, 0.5) is 10.1 Å². The molecular weight excluding hydrogens is 387 g/mol. The molecular formula is C19H21FN2O3S2. The van der Waals surface area contributed by atoms with Crippen LogP contribution in [0.5, 0.6) is 0 Å². The first-order valence-electron chi connectivity index (χ1n) is 9.11. The Labute approximate surface area is 162 Å². The average molecular weight is 409 g/mol. The number of anilines is 1. The van der Waals surface area contributed by atoms with Crippen molar-refractivity contribution in [3.8, 4) is 0 Å². The number of piperidine rings is 1. The third kappa shape index (κ3) is 3.41. The maximum Gasteiger partial charge on any atom is 0.252 e. The molecule has 0 N–H and O–H groups in total. The number of sulfonamides is 1. The summed E-state index contributed by atoms with van der Waals surface area (Å²) in [6.07, 6.45) is 2.51. The molecule has 0 aliphatic carbocycles. The zero-order valence-electron chi connectivity index (χ0n) is 14.8. The number of nitrogens with zero attached hydrogens (tertiary/aromatic N) is 2. The summed E-state index contributed by atoms with van der Waals surface area (Å²) in [4.78, 5) is 14.6. The second-order valence-electron chi connectivity index (χ2n) is 6.95. The predicted octanol–water partition coefficient (Wildman–Crippen LogP) is 3.27. The number of benzene rings is 1. The van der Waals surface area contributed by atoms with Crippen molar-refractivity contribution in [2.24, 2.45) is 5.92 Å². The van der Waals surface area contributed by atoms with Crippen LogP contribution in [0.2, 0.25) is 0 Å². The molecule has 0 radical (unpaired) electrons. The van der Waals surface area contributed by atoms with Gasteiger partial charge in [-0.05, 0) is 48.8 Å². The van der Waals surface area contributed by atoms with Gasteiger partial charge in [0, 0.05) is 25.6 Å². The van der Waals surface area contributed by atoms with Crippen LogP contribution in [-0.4, -0.2) is 38.3 Å². The van der Waals surface area contributed by atoms with Gasteiger partial charge in [-0.15, -0.1) is 11.3 Å². The van der Waals surface area contributed by atoms with Gasteiger partial charge in [-0.2, -0.15) is 4.31 Å². The number of rotatable bonds is 3. The molecule has 0 unspecified atom stereocenters. The molecule has 5 nitrogen and oxygen atoms in total. The van der Waals surface area contributed by atoms with Gasteiger partial charge in [-0.3, -0.25) is 4.79 Å². The summed E-state index contributed by atoms with van der Waals surface area (Å²) in [6.45, 7) is 1.14. The Morgan fingerprint density at radius 2 is 1.89 bits per heavy atom. The first-order chi connectivity index (χ1) is 13.0. The molecule has 0 saturated carbocycles. The maximum absolute atomic E-state index is 14.3. The number of halogens is 1. The van der Waals surface area contributed by atoms with E-state index in [9.17, 15) is 17.6 Å². The number of thiophene rings is 1. The lowest BCUT2D eigenvalue weighted by Gasteiger charge is -2.36. The minimum Gasteiger partial charge on any atom is -0.309 e. The summed E-state index contributed by atoms with van der Waals surface area (Å²) in [6, 6.07) is 8.26. The van der Waals surface area contributed by atoms with Crippen molar-refractivity contribution in [1.82, 2.24) is 4.31 Å². The molecule has 144 valence electrons. The molecule has 3 heterocycles. The van der Waals surface area contributed by atoms with Crippen molar-refractivity contribution in [2.75, 3.05) is 24.5 Å². The number of aryl methyl sites for hydroxylation is 1. The molecule has 1 amide bonds. The Balaban J connectivity index is 1.48. The fourth-order valence-corrected chi connectivity index (χ4v) is 6.54. The standard InChI is InChI=1S/C19H21FN2O3S2/c20-16-6-1-4-14-5-2-10-22(18(14)16)19(23)15-8-11-21(12-9-15)27(24,25)17-7-3-13-26-17/h1,3-4,6-7,13,15H,2,5,8-12H2. The minimum atomic E-state index is -3.48. The van der Waals surface area contributed by atoms with Gasteiger partial charge in [0.15, 0.2) is 0 Å². The highest BCUT2D eigenvalue weighted by Gasteiger charge is 2.36. The molecule has 0 bridgehead atoms. The Morgan fingerprint density at radius 3 is 2.59 bits per heavy atom. The van der Waals surface area contributed by atoms with E-state index in [1.807, 2.05) is 6.07 Å². The van der Waals surface area contributed by atoms with Crippen molar-refractivity contribution in [3.63, 3.8) is 0 Å². The fourth-order valence-electron chi connectivity index (χ4n) is 3.92. The number of hydrogen-bond acceptors (Lipinski definition) is 4. The minimum absolute atomic E-state index is 0.0887.